The van der Waals surface area contributed by atoms with Gasteiger partial charge in [0.25, 0.3) is 0 Å². The molecule has 0 fully saturated rings. The van der Waals surface area contributed by atoms with Crippen molar-refractivity contribution in [3.05, 3.63) is 0 Å². The molecule has 0 bridgehead atoms. The first-order valence-electron chi connectivity index (χ1n) is 3.37. The van der Waals surface area contributed by atoms with Crippen LogP contribution in [0, 0.1) is 5.41 Å². The maximum absolute atomic E-state index is 11.0. The summed E-state index contributed by atoms with van der Waals surface area (Å²) < 4.78 is 4.54. The summed E-state index contributed by atoms with van der Waals surface area (Å²) in [5.41, 5.74) is -0.227. The molecule has 1 N–H and O–H groups in total. The highest BCUT2D eigenvalue weighted by Gasteiger charge is 2.31. The van der Waals surface area contributed by atoms with E-state index < -0.39 is 6.04 Å². The number of esters is 1. The minimum Gasteiger partial charge on any atom is -0.468 e. The van der Waals surface area contributed by atoms with Crippen LogP contribution in [0.1, 0.15) is 20.8 Å². The van der Waals surface area contributed by atoms with Crippen LogP contribution in [-0.4, -0.2) is 19.1 Å². The molecule has 11 heavy (non-hydrogen) atoms. The Morgan fingerprint density at radius 1 is 1.55 bits per heavy atom. The number of methoxy groups -OCH3 is 1. The summed E-state index contributed by atoms with van der Waals surface area (Å²) in [5, 5.41) is 0. The molecule has 0 unspecified atom stereocenters. The average Bonchev–Trinajstić information content (AvgIpc) is 1.86. The number of nitrogens with one attached hydrogen (secondary N) is 1. The molecule has 0 aromatic carbocycles. The molecule has 0 saturated heterocycles. The Balaban J connectivity index is 4.29. The first kappa shape index (κ1) is 10.7. The summed E-state index contributed by atoms with van der Waals surface area (Å²) in [7, 11) is 1.34. The number of rotatable bonds is 2. The van der Waals surface area contributed by atoms with Crippen LogP contribution < -0.4 is 4.84 Å². The number of hydrogen-bond acceptors (Lipinski definition) is 3. The monoisotopic (exact) mass is 179 g/mol. The number of carbonyl (C=O) groups is 1. The molecule has 0 rings (SSSR count). The SMILES string of the molecule is COC(=O)[C@@H](NCl)C(C)(C)C. The van der Waals surface area contributed by atoms with E-state index >= 15 is 0 Å². The summed E-state index contributed by atoms with van der Waals surface area (Å²) in [6.07, 6.45) is 0. The molecule has 0 aromatic heterocycles. The van der Waals surface area contributed by atoms with Crippen molar-refractivity contribution in [2.45, 2.75) is 26.8 Å². The maximum Gasteiger partial charge on any atom is 0.324 e. The van der Waals surface area contributed by atoms with E-state index in [1.165, 1.54) is 7.11 Å². The zero-order chi connectivity index (χ0) is 9.07. The zero-order valence-corrected chi connectivity index (χ0v) is 8.03. The second kappa shape index (κ2) is 3.93. The molecule has 0 heterocycles. The third-order valence-corrected chi connectivity index (χ3v) is 1.63. The van der Waals surface area contributed by atoms with Crippen molar-refractivity contribution in [2.75, 3.05) is 7.11 Å². The topological polar surface area (TPSA) is 38.3 Å². The van der Waals surface area contributed by atoms with E-state index in [1.54, 1.807) is 0 Å². The van der Waals surface area contributed by atoms with Crippen molar-refractivity contribution in [1.29, 1.82) is 0 Å². The van der Waals surface area contributed by atoms with E-state index in [9.17, 15) is 4.79 Å². The van der Waals surface area contributed by atoms with Gasteiger partial charge in [-0.1, -0.05) is 20.8 Å². The standard InChI is InChI=1S/C7H14ClNO2/c1-7(2,3)5(9-8)6(10)11-4/h5,9H,1-4H3/t5-/m1/s1. The molecule has 3 nitrogen and oxygen atoms in total. The molecule has 0 aromatic rings. The van der Waals surface area contributed by atoms with E-state index in [-0.39, 0.29) is 11.4 Å². The quantitative estimate of drug-likeness (QED) is 0.513. The number of ether oxygens (including phenoxy) is 1. The Labute approximate surface area is 72.2 Å². The van der Waals surface area contributed by atoms with Gasteiger partial charge < -0.3 is 4.74 Å². The van der Waals surface area contributed by atoms with Crippen LogP contribution in [-0.2, 0) is 9.53 Å². The largest absolute Gasteiger partial charge is 0.468 e. The van der Waals surface area contributed by atoms with Gasteiger partial charge in [0, 0.05) is 0 Å². The number of carbonyl (C=O) groups excluding carboxylic acids is 1. The van der Waals surface area contributed by atoms with Gasteiger partial charge in [0.15, 0.2) is 0 Å². The van der Waals surface area contributed by atoms with Crippen LogP contribution in [0.3, 0.4) is 0 Å². The Morgan fingerprint density at radius 2 is 2.00 bits per heavy atom. The van der Waals surface area contributed by atoms with E-state index in [1.807, 2.05) is 20.8 Å². The maximum atomic E-state index is 11.0. The highest BCUT2D eigenvalue weighted by Crippen LogP contribution is 2.20. The van der Waals surface area contributed by atoms with Crippen LogP contribution in [0.15, 0.2) is 0 Å². The molecular weight excluding hydrogens is 166 g/mol. The van der Waals surface area contributed by atoms with E-state index in [0.717, 1.165) is 0 Å². The van der Waals surface area contributed by atoms with Gasteiger partial charge >= 0.3 is 5.97 Å². The summed E-state index contributed by atoms with van der Waals surface area (Å²) in [5.74, 6) is -0.340. The lowest BCUT2D eigenvalue weighted by atomic mass is 9.87. The van der Waals surface area contributed by atoms with E-state index in [4.69, 9.17) is 11.8 Å². The smallest absolute Gasteiger partial charge is 0.324 e. The first-order chi connectivity index (χ1) is 4.93. The third kappa shape index (κ3) is 3.08. The molecule has 1 atom stereocenters. The lowest BCUT2D eigenvalue weighted by Crippen LogP contribution is -2.43. The zero-order valence-electron chi connectivity index (χ0n) is 7.27. The van der Waals surface area contributed by atoms with Gasteiger partial charge in [-0.05, 0) is 17.2 Å². The Kier molecular flexibility index (Phi) is 3.83. The van der Waals surface area contributed by atoms with Crippen molar-refractivity contribution in [3.63, 3.8) is 0 Å². The Morgan fingerprint density at radius 3 is 2.09 bits per heavy atom. The van der Waals surface area contributed by atoms with Gasteiger partial charge in [0.05, 0.1) is 7.11 Å². The molecule has 0 aliphatic heterocycles. The molecule has 0 spiro atoms. The van der Waals surface area contributed by atoms with Gasteiger partial charge in [0.2, 0.25) is 0 Å². The third-order valence-electron chi connectivity index (χ3n) is 1.41. The van der Waals surface area contributed by atoms with Gasteiger partial charge in [-0.25, -0.2) is 4.84 Å². The fourth-order valence-corrected chi connectivity index (χ4v) is 1.10. The van der Waals surface area contributed by atoms with Gasteiger partial charge in [-0.3, -0.25) is 4.79 Å². The van der Waals surface area contributed by atoms with Crippen molar-refractivity contribution in [3.8, 4) is 0 Å². The predicted octanol–water partition coefficient (Wildman–Crippen LogP) is 1.32. The van der Waals surface area contributed by atoms with Gasteiger partial charge in [0.1, 0.15) is 6.04 Å². The van der Waals surface area contributed by atoms with Crippen molar-refractivity contribution >= 4 is 17.7 Å². The van der Waals surface area contributed by atoms with Crippen LogP contribution in [0.4, 0.5) is 0 Å². The Bertz CT molecular complexity index is 142. The number of halogens is 1. The average molecular weight is 180 g/mol. The lowest BCUT2D eigenvalue weighted by molar-refractivity contribution is -0.145. The highest BCUT2D eigenvalue weighted by molar-refractivity contribution is 6.14. The Hall–Kier alpha value is -0.280. The fraction of sp³-hybridized carbons (Fsp3) is 0.857. The fourth-order valence-electron chi connectivity index (χ4n) is 0.680. The molecule has 4 heteroatoms. The number of hydrogen-bond donors (Lipinski definition) is 1. The first-order valence-corrected chi connectivity index (χ1v) is 3.75. The van der Waals surface area contributed by atoms with E-state index in [2.05, 4.69) is 9.57 Å². The molecule has 0 aliphatic rings. The molecule has 0 saturated carbocycles. The van der Waals surface area contributed by atoms with Gasteiger partial charge in [-0.2, -0.15) is 0 Å². The summed E-state index contributed by atoms with van der Waals surface area (Å²) in [4.78, 5) is 13.4. The van der Waals surface area contributed by atoms with Crippen molar-refractivity contribution in [2.24, 2.45) is 5.41 Å². The lowest BCUT2D eigenvalue weighted by Gasteiger charge is -2.26. The summed E-state index contributed by atoms with van der Waals surface area (Å²) in [6.45, 7) is 5.72. The minimum absolute atomic E-state index is 0.227. The van der Waals surface area contributed by atoms with Crippen LogP contribution >= 0.6 is 11.8 Å². The van der Waals surface area contributed by atoms with Crippen LogP contribution in [0.5, 0.6) is 0 Å². The van der Waals surface area contributed by atoms with Crippen molar-refractivity contribution < 1.29 is 9.53 Å². The van der Waals surface area contributed by atoms with Crippen LogP contribution in [0.25, 0.3) is 0 Å². The predicted molar refractivity (Wildman–Crippen MR) is 44.2 cm³/mol. The van der Waals surface area contributed by atoms with E-state index in [0.29, 0.717) is 0 Å². The molecule has 66 valence electrons. The van der Waals surface area contributed by atoms with Crippen molar-refractivity contribution in [1.82, 2.24) is 4.84 Å². The normalized spacial score (nSPS) is 14.3. The minimum atomic E-state index is -0.464. The molecular formula is C7H14ClNO2. The summed E-state index contributed by atoms with van der Waals surface area (Å²) in [6, 6.07) is -0.464. The molecule has 0 amide bonds. The summed E-state index contributed by atoms with van der Waals surface area (Å²) >= 11 is 5.37. The second-order valence-electron chi connectivity index (χ2n) is 3.43. The second-order valence-corrected chi connectivity index (χ2v) is 3.65. The van der Waals surface area contributed by atoms with Gasteiger partial charge in [-0.15, -0.1) is 0 Å². The van der Waals surface area contributed by atoms with Crippen LogP contribution in [0.2, 0.25) is 0 Å². The highest BCUT2D eigenvalue weighted by atomic mass is 35.5. The molecule has 0 aliphatic carbocycles. The molecule has 0 radical (unpaired) electrons.